The summed E-state index contributed by atoms with van der Waals surface area (Å²) in [5, 5.41) is 0. The first kappa shape index (κ1) is 9.60. The fourth-order valence-corrected chi connectivity index (χ4v) is 0. The van der Waals surface area contributed by atoms with Crippen molar-refractivity contribution in [3.63, 3.8) is 0 Å². The Morgan fingerprint density at radius 3 is 1.40 bits per heavy atom. The zero-order valence-corrected chi connectivity index (χ0v) is 7.31. The summed E-state index contributed by atoms with van der Waals surface area (Å²) in [5.41, 5.74) is 0. The molecule has 5 heteroatoms. The Balaban J connectivity index is 0. The van der Waals surface area contributed by atoms with Gasteiger partial charge in [-0.05, 0) is 0 Å². The van der Waals surface area contributed by atoms with Crippen LogP contribution in [0.4, 0.5) is 0 Å². The van der Waals surface area contributed by atoms with E-state index in [0.29, 0.717) is 0 Å². The Morgan fingerprint density at radius 2 is 1.40 bits per heavy atom. The Kier molecular flexibility index (Phi) is 10.2. The average Bonchev–Trinajstić information content (AvgIpc) is 0.811. The molecule has 0 bridgehead atoms. The molecule has 0 rings (SSSR count). The van der Waals surface area contributed by atoms with E-state index in [1.54, 1.807) is 0 Å². The summed E-state index contributed by atoms with van der Waals surface area (Å²) in [5.74, 6) is 0. The first-order valence-corrected chi connectivity index (χ1v) is 2.33. The Morgan fingerprint density at radius 1 is 1.40 bits per heavy atom. The van der Waals surface area contributed by atoms with Gasteiger partial charge < -0.3 is 0 Å². The fraction of sp³-hybridized carbons (Fsp3) is 0. The standard InChI is InChI=1S/La.H2O.2O.V/h;1H2;;;/q;;;;+1/p-1. The minimum atomic E-state index is -3.69. The molecule has 0 fully saturated rings. The summed E-state index contributed by atoms with van der Waals surface area (Å²) in [7, 11) is 0. The van der Waals surface area contributed by atoms with E-state index in [-0.39, 0.29) is 35.6 Å². The third-order valence-electron chi connectivity index (χ3n) is 0. The first-order chi connectivity index (χ1) is 1.73. The van der Waals surface area contributed by atoms with E-state index in [9.17, 15) is 0 Å². The molecule has 0 amide bonds. The van der Waals surface area contributed by atoms with Crippen molar-refractivity contribution in [3.05, 3.63) is 0 Å². The van der Waals surface area contributed by atoms with Gasteiger partial charge in [-0.2, -0.15) is 0 Å². The van der Waals surface area contributed by atoms with E-state index < -0.39 is 15.4 Å². The molecule has 5 heavy (non-hydrogen) atoms. The number of hydrogen-bond donors (Lipinski definition) is 1. The van der Waals surface area contributed by atoms with Crippen LogP contribution in [-0.2, 0) is 22.7 Å². The molecule has 3 nitrogen and oxygen atoms in total. The van der Waals surface area contributed by atoms with Gasteiger partial charge in [0.25, 0.3) is 0 Å². The SMILES string of the molecule is [La].[O]=[V](=[O])[OH]. The molecule has 0 aromatic rings. The van der Waals surface area contributed by atoms with Crippen LogP contribution in [0.1, 0.15) is 0 Å². The first-order valence-electron chi connectivity index (χ1n) is 0.565. The van der Waals surface area contributed by atoms with Gasteiger partial charge in [0.1, 0.15) is 0 Å². The van der Waals surface area contributed by atoms with E-state index >= 15 is 0 Å². The van der Waals surface area contributed by atoms with Crippen LogP contribution >= 0.6 is 0 Å². The maximum atomic E-state index is 8.67. The fourth-order valence-electron chi connectivity index (χ4n) is 0. The number of rotatable bonds is 0. The molecule has 0 atom stereocenters. The van der Waals surface area contributed by atoms with Crippen LogP contribution in [-0.4, -0.2) is 4.03 Å². The van der Waals surface area contributed by atoms with Crippen molar-refractivity contribution in [3.8, 4) is 0 Å². The van der Waals surface area contributed by atoms with E-state index in [0.717, 1.165) is 0 Å². The Labute approximate surface area is 61.7 Å². The summed E-state index contributed by atoms with van der Waals surface area (Å²) in [4.78, 5) is 0. The van der Waals surface area contributed by atoms with E-state index in [4.69, 9.17) is 11.4 Å². The summed E-state index contributed by atoms with van der Waals surface area (Å²) in [6.07, 6.45) is 0. The van der Waals surface area contributed by atoms with Crippen molar-refractivity contribution in [2.24, 2.45) is 0 Å². The minimum absolute atomic E-state index is 0. The van der Waals surface area contributed by atoms with Gasteiger partial charge in [0.05, 0.1) is 0 Å². The third kappa shape index (κ3) is 33.2. The molecule has 0 saturated carbocycles. The Bertz CT molecular complexity index is 55.3. The average molecular weight is 239 g/mol. The van der Waals surface area contributed by atoms with Gasteiger partial charge in [-0.3, -0.25) is 0 Å². The van der Waals surface area contributed by atoms with Gasteiger partial charge in [0.2, 0.25) is 0 Å². The van der Waals surface area contributed by atoms with Crippen LogP contribution in [0.5, 0.6) is 0 Å². The molecule has 0 aliphatic heterocycles. The van der Waals surface area contributed by atoms with Gasteiger partial charge in [-0.15, -0.1) is 0 Å². The molecule has 0 spiro atoms. The van der Waals surface area contributed by atoms with Crippen LogP contribution in [0.3, 0.4) is 0 Å². The normalized spacial score (nSPS) is 5.00. The zero-order chi connectivity index (χ0) is 3.58. The van der Waals surface area contributed by atoms with Crippen molar-refractivity contribution in [1.29, 1.82) is 0 Å². The molecule has 0 saturated heterocycles. The second-order valence-electron chi connectivity index (χ2n) is 0.238. The van der Waals surface area contributed by atoms with Crippen LogP contribution in [0.2, 0.25) is 0 Å². The predicted octanol–water partition coefficient (Wildman–Crippen LogP) is -0.797. The molecule has 0 heterocycles. The summed E-state index contributed by atoms with van der Waals surface area (Å²) < 4.78 is 24.4. The van der Waals surface area contributed by atoms with Gasteiger partial charge in [0, 0.05) is 35.6 Å². The van der Waals surface area contributed by atoms with E-state index in [1.165, 1.54) is 0 Å². The van der Waals surface area contributed by atoms with Crippen molar-refractivity contribution < 1.29 is 62.4 Å². The molecule has 0 aliphatic rings. The third-order valence-corrected chi connectivity index (χ3v) is 0. The van der Waals surface area contributed by atoms with Crippen molar-refractivity contribution in [2.75, 3.05) is 0 Å². The topological polar surface area (TPSA) is 54.4 Å². The van der Waals surface area contributed by atoms with Crippen LogP contribution in [0.25, 0.3) is 0 Å². The predicted molar refractivity (Wildman–Crippen MR) is 3.59 cm³/mol. The van der Waals surface area contributed by atoms with Crippen LogP contribution in [0, 0.1) is 35.6 Å². The second-order valence-corrected chi connectivity index (χ2v) is 0.981. The van der Waals surface area contributed by atoms with Crippen molar-refractivity contribution in [1.82, 2.24) is 0 Å². The van der Waals surface area contributed by atoms with Gasteiger partial charge in [-0.25, -0.2) is 0 Å². The molecule has 0 aromatic carbocycles. The molecular weight excluding hydrogens is 238 g/mol. The van der Waals surface area contributed by atoms with Crippen molar-refractivity contribution >= 4 is 0 Å². The second kappa shape index (κ2) is 5.34. The number of hydrogen-bond acceptors (Lipinski definition) is 2. The van der Waals surface area contributed by atoms with E-state index in [1.807, 2.05) is 0 Å². The van der Waals surface area contributed by atoms with Crippen molar-refractivity contribution in [2.45, 2.75) is 0 Å². The molecular formula is HLaO3V. The van der Waals surface area contributed by atoms with E-state index in [2.05, 4.69) is 0 Å². The summed E-state index contributed by atoms with van der Waals surface area (Å²) in [6, 6.07) is 0. The molecule has 27 valence electrons. The summed E-state index contributed by atoms with van der Waals surface area (Å²) in [6.45, 7) is 0. The zero-order valence-electron chi connectivity index (χ0n) is 2.29. The molecule has 0 aliphatic carbocycles. The van der Waals surface area contributed by atoms with Gasteiger partial charge in [0.15, 0.2) is 0 Å². The molecule has 1 radical (unpaired) electrons. The maximum absolute atomic E-state index is 8.67. The Hall–Kier alpha value is 1.34. The van der Waals surface area contributed by atoms with Gasteiger partial charge >= 0.3 is 26.8 Å². The van der Waals surface area contributed by atoms with Crippen LogP contribution < -0.4 is 0 Å². The summed E-state index contributed by atoms with van der Waals surface area (Å²) >= 11 is -3.69. The molecule has 0 unspecified atom stereocenters. The van der Waals surface area contributed by atoms with Crippen LogP contribution in [0.15, 0.2) is 0 Å². The molecule has 1 N–H and O–H groups in total. The van der Waals surface area contributed by atoms with Gasteiger partial charge in [-0.1, -0.05) is 0 Å². The quantitative estimate of drug-likeness (QED) is 0.602. The monoisotopic (exact) mass is 239 g/mol. The molecule has 0 aromatic heterocycles.